The van der Waals surface area contributed by atoms with Gasteiger partial charge < -0.3 is 44.8 Å². The van der Waals surface area contributed by atoms with Gasteiger partial charge in [0.15, 0.2) is 18.7 Å². The van der Waals surface area contributed by atoms with Crippen molar-refractivity contribution in [2.24, 2.45) is 0 Å². The molecule has 2 saturated heterocycles. The molecule has 2 aliphatic heterocycles. The molecule has 0 radical (unpaired) electrons. The van der Waals surface area contributed by atoms with Gasteiger partial charge in [0, 0.05) is 0 Å². The third-order valence-corrected chi connectivity index (χ3v) is 5.47. The molecular formula is C12H21NO17S2. The van der Waals surface area contributed by atoms with Gasteiger partial charge in [-0.3, -0.25) is 9.11 Å². The Labute approximate surface area is 179 Å². The third kappa shape index (κ3) is 6.71. The van der Waals surface area contributed by atoms with E-state index in [9.17, 15) is 47.2 Å². The van der Waals surface area contributed by atoms with Gasteiger partial charge in [0.25, 0.3) is 0 Å². The summed E-state index contributed by atoms with van der Waals surface area (Å²) in [7, 11) is -10.1. The highest BCUT2D eigenvalue weighted by Gasteiger charge is 2.52. The van der Waals surface area contributed by atoms with Crippen LogP contribution in [0.25, 0.3) is 0 Å². The number of hydrogen-bond donors (Lipinski definition) is 9. The van der Waals surface area contributed by atoms with E-state index in [-0.39, 0.29) is 0 Å². The highest BCUT2D eigenvalue weighted by Crippen LogP contribution is 2.29. The molecule has 2 heterocycles. The van der Waals surface area contributed by atoms with E-state index in [1.54, 1.807) is 0 Å². The molecule has 0 saturated carbocycles. The maximum atomic E-state index is 11.2. The lowest BCUT2D eigenvalue weighted by Crippen LogP contribution is -2.67. The van der Waals surface area contributed by atoms with Crippen molar-refractivity contribution in [2.75, 3.05) is 6.61 Å². The van der Waals surface area contributed by atoms with E-state index in [2.05, 4.69) is 4.18 Å². The summed E-state index contributed by atoms with van der Waals surface area (Å²) in [4.78, 5) is 11.2. The minimum Gasteiger partial charge on any atom is -0.479 e. The first-order valence-corrected chi connectivity index (χ1v) is 11.3. The Kier molecular flexibility index (Phi) is 8.50. The Morgan fingerprint density at radius 3 is 2.00 bits per heavy atom. The quantitative estimate of drug-likeness (QED) is 0.136. The van der Waals surface area contributed by atoms with Gasteiger partial charge in [-0.05, 0) is 0 Å². The van der Waals surface area contributed by atoms with Crippen LogP contribution in [0.5, 0.6) is 0 Å². The molecule has 188 valence electrons. The van der Waals surface area contributed by atoms with Crippen LogP contribution in [0.1, 0.15) is 0 Å². The standard InChI is InChI=1S/C12H21NO17S2/c14-4-3(13-31(21,22)23)11(20)28-2(1-27-32(24,25)26)8(4)29-12-7(17)5(15)6(16)9(30-12)10(18)19/h2-9,11-17,20H,1H2,(H,18,19)(H,21,22,23)(H,24,25,26)/t2-,3-,4-,5+,6+,7-,8-,9+,11-,12-/m1/s1. The zero-order chi connectivity index (χ0) is 24.6. The third-order valence-electron chi connectivity index (χ3n) is 4.46. The second kappa shape index (κ2) is 10.0. The van der Waals surface area contributed by atoms with E-state index in [0.717, 1.165) is 0 Å². The minimum atomic E-state index is -5.09. The van der Waals surface area contributed by atoms with Gasteiger partial charge in [-0.15, -0.1) is 0 Å². The summed E-state index contributed by atoms with van der Waals surface area (Å²) < 4.78 is 81.8. The molecule has 2 fully saturated rings. The first-order chi connectivity index (χ1) is 14.5. The maximum absolute atomic E-state index is 11.2. The Hall–Kier alpha value is -1.11. The molecule has 0 aromatic heterocycles. The summed E-state index contributed by atoms with van der Waals surface area (Å²) in [5.41, 5.74) is 0. The number of aliphatic carboxylic acids is 1. The molecular weight excluding hydrogens is 494 g/mol. The molecule has 0 bridgehead atoms. The molecule has 0 aromatic rings. The van der Waals surface area contributed by atoms with Crippen molar-refractivity contribution < 1.29 is 79.8 Å². The van der Waals surface area contributed by atoms with Crippen LogP contribution in [-0.4, -0.2) is 131 Å². The average molecular weight is 515 g/mol. The Balaban J connectivity index is 2.32. The average Bonchev–Trinajstić information content (AvgIpc) is 2.64. The molecule has 0 spiro atoms. The number of hydrogen-bond acceptors (Lipinski definition) is 14. The molecule has 0 aromatic carbocycles. The van der Waals surface area contributed by atoms with E-state index in [1.165, 1.54) is 4.72 Å². The lowest BCUT2D eigenvalue weighted by Gasteiger charge is -2.45. The van der Waals surface area contributed by atoms with E-state index < -0.39 is 94.6 Å². The SMILES string of the molecule is O=C(O)[C@H]1O[C@@H](O[C@H]2[C@H](O)[C@@H](NS(=O)(=O)O)[C@H](O)O[C@@H]2COS(=O)(=O)O)[C@H](O)[C@@H](O)[C@@H]1O. The van der Waals surface area contributed by atoms with Crippen LogP contribution >= 0.6 is 0 Å². The summed E-state index contributed by atoms with van der Waals surface area (Å²) >= 11 is 0. The molecule has 2 rings (SSSR count). The normalized spacial score (nSPS) is 41.3. The van der Waals surface area contributed by atoms with Crippen molar-refractivity contribution in [3.05, 3.63) is 0 Å². The number of carboxylic acid groups (broad SMARTS) is 1. The van der Waals surface area contributed by atoms with E-state index in [0.29, 0.717) is 0 Å². The summed E-state index contributed by atoms with van der Waals surface area (Å²) in [6.07, 6.45) is -18.9. The number of aliphatic hydroxyl groups excluding tert-OH is 5. The maximum Gasteiger partial charge on any atom is 0.397 e. The second-order valence-electron chi connectivity index (χ2n) is 6.72. The Bertz CT molecular complexity index is 876. The number of ether oxygens (including phenoxy) is 3. The Morgan fingerprint density at radius 1 is 0.906 bits per heavy atom. The molecule has 0 aliphatic carbocycles. The number of carboxylic acids is 1. The highest BCUT2D eigenvalue weighted by atomic mass is 32.3. The van der Waals surface area contributed by atoms with Gasteiger partial charge in [0.1, 0.15) is 42.7 Å². The van der Waals surface area contributed by atoms with Crippen LogP contribution in [-0.2, 0) is 43.9 Å². The van der Waals surface area contributed by atoms with Gasteiger partial charge in [-0.25, -0.2) is 8.98 Å². The monoisotopic (exact) mass is 515 g/mol. The van der Waals surface area contributed by atoms with Crippen molar-refractivity contribution in [1.82, 2.24) is 4.72 Å². The van der Waals surface area contributed by atoms with Crippen LogP contribution in [0.4, 0.5) is 0 Å². The number of carbonyl (C=O) groups is 1. The fourth-order valence-corrected chi connectivity index (χ4v) is 3.91. The molecule has 2 aliphatic rings. The minimum absolute atomic E-state index is 1.16. The molecule has 20 heteroatoms. The van der Waals surface area contributed by atoms with Gasteiger partial charge >= 0.3 is 26.7 Å². The first kappa shape index (κ1) is 27.1. The van der Waals surface area contributed by atoms with Crippen LogP contribution in [0.2, 0.25) is 0 Å². The molecule has 10 atom stereocenters. The molecule has 18 nitrogen and oxygen atoms in total. The van der Waals surface area contributed by atoms with Gasteiger partial charge in [0.05, 0.1) is 6.61 Å². The van der Waals surface area contributed by atoms with Crippen molar-refractivity contribution >= 4 is 26.7 Å². The topological polar surface area (TPSA) is 296 Å². The summed E-state index contributed by atoms with van der Waals surface area (Å²) in [6.45, 7) is -1.16. The lowest BCUT2D eigenvalue weighted by atomic mass is 9.96. The zero-order valence-corrected chi connectivity index (χ0v) is 17.2. The molecule has 0 amide bonds. The van der Waals surface area contributed by atoms with Gasteiger partial charge in [-0.2, -0.15) is 21.6 Å². The van der Waals surface area contributed by atoms with Gasteiger partial charge in [-0.1, -0.05) is 0 Å². The van der Waals surface area contributed by atoms with Crippen molar-refractivity contribution in [3.63, 3.8) is 0 Å². The number of aliphatic hydroxyl groups is 5. The smallest absolute Gasteiger partial charge is 0.397 e. The number of nitrogens with one attached hydrogen (secondary N) is 1. The molecule has 9 N–H and O–H groups in total. The first-order valence-electron chi connectivity index (χ1n) is 8.48. The van der Waals surface area contributed by atoms with Crippen molar-refractivity contribution in [2.45, 2.75) is 61.3 Å². The van der Waals surface area contributed by atoms with Gasteiger partial charge in [0.2, 0.25) is 0 Å². The highest BCUT2D eigenvalue weighted by molar-refractivity contribution is 7.83. The largest absolute Gasteiger partial charge is 0.479 e. The molecule has 32 heavy (non-hydrogen) atoms. The van der Waals surface area contributed by atoms with Crippen LogP contribution in [0.15, 0.2) is 0 Å². The summed E-state index contributed by atoms with van der Waals surface area (Å²) in [5.74, 6) is -1.79. The Morgan fingerprint density at radius 2 is 1.50 bits per heavy atom. The van der Waals surface area contributed by atoms with Crippen LogP contribution in [0.3, 0.4) is 0 Å². The fourth-order valence-electron chi connectivity index (χ4n) is 3.01. The van der Waals surface area contributed by atoms with E-state index in [1.807, 2.05) is 0 Å². The number of rotatable bonds is 8. The van der Waals surface area contributed by atoms with Crippen molar-refractivity contribution in [3.8, 4) is 0 Å². The summed E-state index contributed by atoms with van der Waals surface area (Å²) in [5, 5.41) is 58.9. The van der Waals surface area contributed by atoms with E-state index >= 15 is 0 Å². The predicted molar refractivity (Wildman–Crippen MR) is 92.0 cm³/mol. The predicted octanol–water partition coefficient (Wildman–Crippen LogP) is -6.08. The zero-order valence-electron chi connectivity index (χ0n) is 15.5. The molecule has 0 unspecified atom stereocenters. The lowest BCUT2D eigenvalue weighted by molar-refractivity contribution is -0.339. The van der Waals surface area contributed by atoms with Crippen LogP contribution in [0, 0.1) is 0 Å². The van der Waals surface area contributed by atoms with Crippen molar-refractivity contribution in [1.29, 1.82) is 0 Å². The second-order valence-corrected chi connectivity index (χ2v) is 9.00. The fraction of sp³-hybridized carbons (Fsp3) is 0.917. The van der Waals surface area contributed by atoms with Crippen LogP contribution < -0.4 is 4.72 Å². The van der Waals surface area contributed by atoms with E-state index in [4.69, 9.17) is 28.4 Å². The summed E-state index contributed by atoms with van der Waals surface area (Å²) in [6, 6.07) is -2.05.